The Morgan fingerprint density at radius 1 is 1.05 bits per heavy atom. The van der Waals surface area contributed by atoms with Crippen LogP contribution in [0.3, 0.4) is 0 Å². The molecule has 0 aliphatic heterocycles. The average molecular weight is 304 g/mol. The van der Waals surface area contributed by atoms with Gasteiger partial charge in [-0.15, -0.1) is 0 Å². The minimum absolute atomic E-state index is 0.0244. The van der Waals surface area contributed by atoms with E-state index in [9.17, 15) is 18.0 Å². The van der Waals surface area contributed by atoms with Crippen LogP contribution >= 0.6 is 0 Å². The Kier molecular flexibility index (Phi) is 4.50. The van der Waals surface area contributed by atoms with Crippen molar-refractivity contribution in [3.05, 3.63) is 76.4 Å². The van der Waals surface area contributed by atoms with Gasteiger partial charge in [0, 0.05) is 5.56 Å². The minimum atomic E-state index is -4.45. The number of carbonyl (C=O) groups excluding carboxylic acids is 1. The number of aryl methyl sites for hydroxylation is 2. The van der Waals surface area contributed by atoms with Gasteiger partial charge in [0.05, 0.1) is 5.56 Å². The molecule has 0 N–H and O–H groups in total. The monoisotopic (exact) mass is 304 g/mol. The van der Waals surface area contributed by atoms with Crippen molar-refractivity contribution >= 4 is 11.9 Å². The van der Waals surface area contributed by atoms with Gasteiger partial charge in [-0.25, -0.2) is 0 Å². The number of alkyl halides is 3. The van der Waals surface area contributed by atoms with Gasteiger partial charge in [-0.05, 0) is 43.2 Å². The fraction of sp³-hybridized carbons (Fsp3) is 0.167. The van der Waals surface area contributed by atoms with Crippen LogP contribution in [0.25, 0.3) is 6.08 Å². The fourth-order valence-corrected chi connectivity index (χ4v) is 2.05. The number of benzene rings is 2. The van der Waals surface area contributed by atoms with Gasteiger partial charge in [-0.2, -0.15) is 13.2 Å². The highest BCUT2D eigenvalue weighted by Gasteiger charge is 2.30. The second kappa shape index (κ2) is 6.18. The van der Waals surface area contributed by atoms with Gasteiger partial charge < -0.3 is 0 Å². The first-order valence-electron chi connectivity index (χ1n) is 6.74. The molecule has 0 heterocycles. The van der Waals surface area contributed by atoms with Crippen LogP contribution in [0.2, 0.25) is 0 Å². The molecule has 0 saturated carbocycles. The first-order chi connectivity index (χ1) is 10.3. The van der Waals surface area contributed by atoms with Crippen molar-refractivity contribution in [2.45, 2.75) is 20.0 Å². The molecule has 2 aromatic carbocycles. The molecule has 0 radical (unpaired) electrons. The third kappa shape index (κ3) is 3.85. The van der Waals surface area contributed by atoms with E-state index in [1.807, 2.05) is 32.0 Å². The minimum Gasteiger partial charge on any atom is -0.289 e. The molecule has 2 aromatic rings. The van der Waals surface area contributed by atoms with E-state index in [0.29, 0.717) is 0 Å². The SMILES string of the molecule is Cc1ccc(C)c(C=CC(=O)c2cccc(C(F)(F)F)c2)c1. The van der Waals surface area contributed by atoms with E-state index in [1.54, 1.807) is 6.08 Å². The highest BCUT2D eigenvalue weighted by molar-refractivity contribution is 6.07. The quantitative estimate of drug-likeness (QED) is 0.561. The maximum atomic E-state index is 12.7. The summed E-state index contributed by atoms with van der Waals surface area (Å²) in [5.74, 6) is -0.452. The van der Waals surface area contributed by atoms with Gasteiger partial charge >= 0.3 is 6.18 Å². The molecule has 114 valence electrons. The average Bonchev–Trinajstić information content (AvgIpc) is 2.47. The van der Waals surface area contributed by atoms with Gasteiger partial charge in [-0.1, -0.05) is 42.0 Å². The molecule has 4 heteroatoms. The second-order valence-corrected chi connectivity index (χ2v) is 5.14. The molecule has 0 saturated heterocycles. The van der Waals surface area contributed by atoms with E-state index in [4.69, 9.17) is 0 Å². The number of allylic oxidation sites excluding steroid dienone is 1. The van der Waals surface area contributed by atoms with Gasteiger partial charge in [0.2, 0.25) is 0 Å². The van der Waals surface area contributed by atoms with Gasteiger partial charge in [0.15, 0.2) is 5.78 Å². The van der Waals surface area contributed by atoms with E-state index < -0.39 is 17.5 Å². The van der Waals surface area contributed by atoms with Gasteiger partial charge in [0.25, 0.3) is 0 Å². The largest absolute Gasteiger partial charge is 0.416 e. The van der Waals surface area contributed by atoms with Gasteiger partial charge in [0.1, 0.15) is 0 Å². The highest BCUT2D eigenvalue weighted by atomic mass is 19.4. The Morgan fingerprint density at radius 2 is 1.77 bits per heavy atom. The van der Waals surface area contributed by atoms with Crippen molar-refractivity contribution in [2.75, 3.05) is 0 Å². The van der Waals surface area contributed by atoms with Crippen molar-refractivity contribution in [1.82, 2.24) is 0 Å². The summed E-state index contributed by atoms with van der Waals surface area (Å²) in [5, 5.41) is 0. The Bertz CT molecular complexity index is 727. The molecule has 0 spiro atoms. The predicted octanol–water partition coefficient (Wildman–Crippen LogP) is 5.22. The Morgan fingerprint density at radius 3 is 2.45 bits per heavy atom. The predicted molar refractivity (Wildman–Crippen MR) is 80.7 cm³/mol. The molecule has 0 aliphatic rings. The summed E-state index contributed by atoms with van der Waals surface area (Å²) in [6.45, 7) is 3.85. The van der Waals surface area contributed by atoms with Crippen molar-refractivity contribution < 1.29 is 18.0 Å². The molecular weight excluding hydrogens is 289 g/mol. The van der Waals surface area contributed by atoms with Crippen LogP contribution in [0.15, 0.2) is 48.5 Å². The summed E-state index contributed by atoms with van der Waals surface area (Å²) in [4.78, 5) is 12.0. The first-order valence-corrected chi connectivity index (χ1v) is 6.74. The lowest BCUT2D eigenvalue weighted by Crippen LogP contribution is -2.06. The van der Waals surface area contributed by atoms with Crippen LogP contribution in [0.5, 0.6) is 0 Å². The standard InChI is InChI=1S/C18H15F3O/c1-12-6-7-13(2)14(10-12)8-9-17(22)15-4-3-5-16(11-15)18(19,20)21/h3-11H,1-2H3. The molecule has 2 rings (SSSR count). The lowest BCUT2D eigenvalue weighted by atomic mass is 10.0. The topological polar surface area (TPSA) is 17.1 Å². The first kappa shape index (κ1) is 16.0. The third-order valence-corrected chi connectivity index (χ3v) is 3.32. The summed E-state index contributed by atoms with van der Waals surface area (Å²) in [6, 6.07) is 10.3. The molecule has 1 nitrogen and oxygen atoms in total. The lowest BCUT2D eigenvalue weighted by Gasteiger charge is -2.07. The molecule has 0 amide bonds. The number of halogens is 3. The summed E-state index contributed by atoms with van der Waals surface area (Å²) >= 11 is 0. The third-order valence-electron chi connectivity index (χ3n) is 3.32. The smallest absolute Gasteiger partial charge is 0.289 e. The highest BCUT2D eigenvalue weighted by Crippen LogP contribution is 2.29. The summed E-state index contributed by atoms with van der Waals surface area (Å²) < 4.78 is 38.0. The molecule has 0 unspecified atom stereocenters. The fourth-order valence-electron chi connectivity index (χ4n) is 2.05. The number of hydrogen-bond acceptors (Lipinski definition) is 1. The van der Waals surface area contributed by atoms with Crippen LogP contribution in [0.1, 0.15) is 32.6 Å². The number of carbonyl (C=O) groups is 1. The zero-order valence-electron chi connectivity index (χ0n) is 12.2. The molecule has 0 aromatic heterocycles. The van der Waals surface area contributed by atoms with Crippen LogP contribution < -0.4 is 0 Å². The Balaban J connectivity index is 2.26. The van der Waals surface area contributed by atoms with Crippen LogP contribution in [0.4, 0.5) is 13.2 Å². The van der Waals surface area contributed by atoms with Crippen molar-refractivity contribution in [2.24, 2.45) is 0 Å². The normalized spacial score (nSPS) is 11.9. The molecular formula is C18H15F3O. The molecule has 0 fully saturated rings. The zero-order valence-corrected chi connectivity index (χ0v) is 12.2. The van der Waals surface area contributed by atoms with Crippen LogP contribution in [-0.4, -0.2) is 5.78 Å². The lowest BCUT2D eigenvalue weighted by molar-refractivity contribution is -0.137. The number of rotatable bonds is 3. The molecule has 22 heavy (non-hydrogen) atoms. The molecule has 0 aliphatic carbocycles. The number of hydrogen-bond donors (Lipinski definition) is 0. The Hall–Kier alpha value is -2.36. The Labute approximate surface area is 127 Å². The van der Waals surface area contributed by atoms with Crippen molar-refractivity contribution in [1.29, 1.82) is 0 Å². The summed E-state index contributed by atoms with van der Waals surface area (Å²) in [5.41, 5.74) is 2.13. The maximum Gasteiger partial charge on any atom is 0.416 e. The van der Waals surface area contributed by atoms with Crippen LogP contribution in [-0.2, 0) is 6.18 Å². The number of ketones is 1. The van der Waals surface area contributed by atoms with E-state index in [2.05, 4.69) is 0 Å². The summed E-state index contributed by atoms with van der Waals surface area (Å²) in [7, 11) is 0. The maximum absolute atomic E-state index is 12.7. The second-order valence-electron chi connectivity index (χ2n) is 5.14. The van der Waals surface area contributed by atoms with Crippen LogP contribution in [0, 0.1) is 13.8 Å². The van der Waals surface area contributed by atoms with Crippen molar-refractivity contribution in [3.63, 3.8) is 0 Å². The molecule has 0 atom stereocenters. The van der Waals surface area contributed by atoms with Crippen molar-refractivity contribution in [3.8, 4) is 0 Å². The summed E-state index contributed by atoms with van der Waals surface area (Å²) in [6.07, 6.45) is -1.52. The van der Waals surface area contributed by atoms with E-state index in [-0.39, 0.29) is 5.56 Å². The van der Waals surface area contributed by atoms with E-state index in [0.717, 1.165) is 28.8 Å². The van der Waals surface area contributed by atoms with E-state index >= 15 is 0 Å². The zero-order chi connectivity index (χ0) is 16.3. The van der Waals surface area contributed by atoms with E-state index in [1.165, 1.54) is 18.2 Å². The van der Waals surface area contributed by atoms with Gasteiger partial charge in [-0.3, -0.25) is 4.79 Å². The molecule has 0 bridgehead atoms.